The second-order valence-electron chi connectivity index (χ2n) is 6.95. The highest BCUT2D eigenvalue weighted by molar-refractivity contribution is 5.92. The van der Waals surface area contributed by atoms with Gasteiger partial charge in [0.25, 0.3) is 11.8 Å². The summed E-state index contributed by atoms with van der Waals surface area (Å²) in [6.45, 7) is 5.49. The Kier molecular flexibility index (Phi) is 9.54. The number of quaternary nitrogens is 1. The summed E-state index contributed by atoms with van der Waals surface area (Å²) in [6.07, 6.45) is -0.765. The Morgan fingerprint density at radius 3 is 1.87 bits per heavy atom. The highest BCUT2D eigenvalue weighted by Gasteiger charge is 2.23. The van der Waals surface area contributed by atoms with Gasteiger partial charge in [-0.3, -0.25) is 14.9 Å². The Bertz CT molecular complexity index is 770. The number of likely N-dealkylation sites (N-methyl/N-ethyl adjacent to an activating group) is 1. The molecule has 0 aliphatic rings. The molecule has 30 heavy (non-hydrogen) atoms. The van der Waals surface area contributed by atoms with Crippen LogP contribution in [0.1, 0.15) is 25.0 Å². The Hall–Kier alpha value is -3.19. The van der Waals surface area contributed by atoms with Crippen molar-refractivity contribution in [2.45, 2.75) is 26.9 Å². The van der Waals surface area contributed by atoms with Crippen LogP contribution < -0.4 is 10.2 Å². The van der Waals surface area contributed by atoms with Crippen molar-refractivity contribution in [2.24, 2.45) is 0 Å². The predicted molar refractivity (Wildman–Crippen MR) is 114 cm³/mol. The minimum atomic E-state index is -0.765. The molecule has 160 valence electrons. The molecule has 0 fully saturated rings. The van der Waals surface area contributed by atoms with Crippen molar-refractivity contribution in [3.05, 3.63) is 71.8 Å². The maximum Gasteiger partial charge on any atom is 0.414 e. The molecule has 0 aromatic heterocycles. The Morgan fingerprint density at radius 2 is 1.40 bits per heavy atom. The molecule has 0 spiro atoms. The third kappa shape index (κ3) is 8.05. The number of benzene rings is 2. The van der Waals surface area contributed by atoms with Crippen LogP contribution in [0.5, 0.6) is 0 Å². The lowest BCUT2D eigenvalue weighted by molar-refractivity contribution is -0.882. The zero-order valence-corrected chi connectivity index (χ0v) is 17.6. The van der Waals surface area contributed by atoms with Crippen LogP contribution in [0, 0.1) is 0 Å². The number of ether oxygens (including phenoxy) is 1. The van der Waals surface area contributed by atoms with Crippen LogP contribution in [0.15, 0.2) is 60.7 Å². The fourth-order valence-corrected chi connectivity index (χ4v) is 3.03. The van der Waals surface area contributed by atoms with E-state index in [2.05, 4.69) is 5.32 Å². The molecule has 0 saturated carbocycles. The van der Waals surface area contributed by atoms with E-state index in [-0.39, 0.29) is 25.6 Å². The first-order chi connectivity index (χ1) is 14.5. The minimum absolute atomic E-state index is 0.0194. The van der Waals surface area contributed by atoms with Crippen molar-refractivity contribution in [1.82, 2.24) is 10.2 Å². The number of carbonyl (C=O) groups is 3. The molecule has 3 amide bonds. The summed E-state index contributed by atoms with van der Waals surface area (Å²) in [5.74, 6) is -0.515. The first-order valence-corrected chi connectivity index (χ1v) is 10.2. The standard InChI is InChI=1S/C23H29N3O4/c1-3-25(17-21(27)24-23(29)30-4-2)18-22(28)26(15-19-11-7-5-8-12-19)16-20-13-9-6-10-14-20/h5-14H,3-4,15-18H2,1-2H3,(H,24,27,29)/p+1. The van der Waals surface area contributed by atoms with Crippen LogP contribution in [0.4, 0.5) is 4.79 Å². The van der Waals surface area contributed by atoms with Crippen LogP contribution in [-0.2, 0) is 27.4 Å². The van der Waals surface area contributed by atoms with Crippen LogP contribution in [0.25, 0.3) is 0 Å². The van der Waals surface area contributed by atoms with E-state index in [1.54, 1.807) is 11.8 Å². The van der Waals surface area contributed by atoms with Crippen LogP contribution in [-0.4, -0.2) is 49.0 Å². The van der Waals surface area contributed by atoms with Gasteiger partial charge in [0.1, 0.15) is 0 Å². The van der Waals surface area contributed by atoms with Gasteiger partial charge in [-0.25, -0.2) is 4.79 Å². The van der Waals surface area contributed by atoms with Gasteiger partial charge in [0, 0.05) is 13.1 Å². The molecule has 2 aromatic carbocycles. The third-order valence-corrected chi connectivity index (χ3v) is 4.61. The van der Waals surface area contributed by atoms with Crippen molar-refractivity contribution in [3.63, 3.8) is 0 Å². The zero-order chi connectivity index (χ0) is 21.8. The summed E-state index contributed by atoms with van der Waals surface area (Å²) < 4.78 is 4.72. The molecule has 1 atom stereocenters. The molecule has 0 aliphatic heterocycles. The van der Waals surface area contributed by atoms with Gasteiger partial charge in [0.05, 0.1) is 13.2 Å². The molecule has 0 aliphatic carbocycles. The first kappa shape index (κ1) is 23.1. The zero-order valence-electron chi connectivity index (χ0n) is 17.6. The molecule has 0 radical (unpaired) electrons. The van der Waals surface area contributed by atoms with Crippen LogP contribution >= 0.6 is 0 Å². The SMILES string of the molecule is CCOC(=O)NC(=O)C[NH+](CC)CC(=O)N(Cc1ccccc1)Cc1ccccc1. The Balaban J connectivity index is 2.03. The number of hydrogen-bond donors (Lipinski definition) is 2. The van der Waals surface area contributed by atoms with Gasteiger partial charge in [0.15, 0.2) is 13.1 Å². The number of imide groups is 1. The lowest BCUT2D eigenvalue weighted by Crippen LogP contribution is -3.14. The fourth-order valence-electron chi connectivity index (χ4n) is 3.03. The normalized spacial score (nSPS) is 11.4. The van der Waals surface area contributed by atoms with Gasteiger partial charge in [-0.2, -0.15) is 0 Å². The third-order valence-electron chi connectivity index (χ3n) is 4.61. The maximum atomic E-state index is 13.1. The van der Waals surface area contributed by atoms with E-state index >= 15 is 0 Å². The van der Waals surface area contributed by atoms with E-state index in [1.165, 1.54) is 0 Å². The van der Waals surface area contributed by atoms with Crippen molar-refractivity contribution in [2.75, 3.05) is 26.2 Å². The largest absolute Gasteiger partial charge is 0.450 e. The summed E-state index contributed by atoms with van der Waals surface area (Å²) >= 11 is 0. The number of carbonyl (C=O) groups excluding carboxylic acids is 3. The van der Waals surface area contributed by atoms with E-state index in [4.69, 9.17) is 4.74 Å². The summed E-state index contributed by atoms with van der Waals surface area (Å²) in [5, 5.41) is 2.18. The quantitative estimate of drug-likeness (QED) is 0.618. The lowest BCUT2D eigenvalue weighted by atomic mass is 10.1. The van der Waals surface area contributed by atoms with Crippen LogP contribution in [0.3, 0.4) is 0 Å². The average Bonchev–Trinajstić information content (AvgIpc) is 2.74. The fraction of sp³-hybridized carbons (Fsp3) is 0.348. The van der Waals surface area contributed by atoms with Gasteiger partial charge >= 0.3 is 6.09 Å². The highest BCUT2D eigenvalue weighted by atomic mass is 16.5. The molecular formula is C23H30N3O4+. The summed E-state index contributed by atoms with van der Waals surface area (Å²) in [6, 6.07) is 19.6. The van der Waals surface area contributed by atoms with E-state index in [9.17, 15) is 14.4 Å². The molecule has 2 aromatic rings. The van der Waals surface area contributed by atoms with E-state index in [0.29, 0.717) is 19.6 Å². The second kappa shape index (κ2) is 12.4. The highest BCUT2D eigenvalue weighted by Crippen LogP contribution is 2.10. The molecule has 2 rings (SSSR count). The average molecular weight is 413 g/mol. The van der Waals surface area contributed by atoms with E-state index in [1.807, 2.05) is 67.6 Å². The summed E-state index contributed by atoms with van der Waals surface area (Å²) in [5.41, 5.74) is 2.08. The maximum absolute atomic E-state index is 13.1. The number of alkyl carbamates (subject to hydrolysis) is 1. The Labute approximate surface area is 177 Å². The van der Waals surface area contributed by atoms with Crippen molar-refractivity contribution in [3.8, 4) is 0 Å². The van der Waals surface area contributed by atoms with Gasteiger partial charge in [-0.1, -0.05) is 60.7 Å². The van der Waals surface area contributed by atoms with Crippen molar-refractivity contribution in [1.29, 1.82) is 0 Å². The van der Waals surface area contributed by atoms with E-state index in [0.717, 1.165) is 16.0 Å². The van der Waals surface area contributed by atoms with Gasteiger partial charge in [-0.15, -0.1) is 0 Å². The molecular weight excluding hydrogens is 382 g/mol. The monoisotopic (exact) mass is 412 g/mol. The topological polar surface area (TPSA) is 80.1 Å². The predicted octanol–water partition coefficient (Wildman–Crippen LogP) is 1.39. The summed E-state index contributed by atoms with van der Waals surface area (Å²) in [4.78, 5) is 39.2. The molecule has 2 N–H and O–H groups in total. The number of nitrogens with zero attached hydrogens (tertiary/aromatic N) is 1. The molecule has 7 nitrogen and oxygen atoms in total. The number of rotatable bonds is 10. The smallest absolute Gasteiger partial charge is 0.414 e. The van der Waals surface area contributed by atoms with Crippen LogP contribution in [0.2, 0.25) is 0 Å². The van der Waals surface area contributed by atoms with Gasteiger partial charge in [-0.05, 0) is 25.0 Å². The van der Waals surface area contributed by atoms with Gasteiger partial charge < -0.3 is 14.5 Å². The first-order valence-electron chi connectivity index (χ1n) is 10.2. The molecule has 0 saturated heterocycles. The second-order valence-corrected chi connectivity index (χ2v) is 6.95. The van der Waals surface area contributed by atoms with Crippen molar-refractivity contribution >= 4 is 17.9 Å². The van der Waals surface area contributed by atoms with E-state index < -0.39 is 12.0 Å². The summed E-state index contributed by atoms with van der Waals surface area (Å²) in [7, 11) is 0. The minimum Gasteiger partial charge on any atom is -0.450 e. The molecule has 0 bridgehead atoms. The number of hydrogen-bond acceptors (Lipinski definition) is 4. The Morgan fingerprint density at radius 1 is 0.867 bits per heavy atom. The molecule has 0 heterocycles. The molecule has 1 unspecified atom stereocenters. The van der Waals surface area contributed by atoms with Crippen molar-refractivity contribution < 1.29 is 24.0 Å². The lowest BCUT2D eigenvalue weighted by Gasteiger charge is -2.25. The van der Waals surface area contributed by atoms with Gasteiger partial charge in [0.2, 0.25) is 0 Å². The number of nitrogens with one attached hydrogen (secondary N) is 2. The number of amides is 3. The molecule has 7 heteroatoms.